The van der Waals surface area contributed by atoms with E-state index in [0.29, 0.717) is 62.5 Å². The van der Waals surface area contributed by atoms with Crippen molar-refractivity contribution in [2.24, 2.45) is 5.73 Å². The Morgan fingerprint density at radius 1 is 1.08 bits per heavy atom. The van der Waals surface area contributed by atoms with Crippen molar-refractivity contribution < 1.29 is 23.9 Å². The van der Waals surface area contributed by atoms with E-state index in [9.17, 15) is 14.4 Å². The van der Waals surface area contributed by atoms with Crippen molar-refractivity contribution in [3.05, 3.63) is 94.8 Å². The number of carbonyl (C=O) groups is 3. The molecule has 0 aliphatic carbocycles. The number of nitrogens with one attached hydrogen (secondary N) is 1. The minimum absolute atomic E-state index is 0.0737. The van der Waals surface area contributed by atoms with E-state index in [1.54, 1.807) is 31.7 Å². The lowest BCUT2D eigenvalue weighted by Gasteiger charge is -2.30. The Morgan fingerprint density at radius 2 is 1.88 bits per heavy atom. The number of hydrogen-bond donors (Lipinski definition) is 2. The van der Waals surface area contributed by atoms with E-state index in [1.165, 1.54) is 0 Å². The molecular weight excluding hydrogens is 674 g/mol. The topological polar surface area (TPSA) is 129 Å². The standard InChI is InChI=1S/C38H44ClN5O5S/c1-25(2)49-38(47)32(40)13-7-17-41-37(46)28-10-4-9-27(21-28)23-43-24-29(22-42-43)30-11-5-14-33-36(30)50-20-18-44(33)35(45)16-8-19-48-34-15-6-12-31(39)26(34)3/h4-6,9-12,14-15,21-22,24-25,32H,7-8,13,16-20,23,40H2,1-3H3,(H,41,46)/t32-/m0/s1. The number of anilines is 1. The Morgan fingerprint density at radius 3 is 2.70 bits per heavy atom. The molecular formula is C38H44ClN5O5S. The lowest BCUT2D eigenvalue weighted by molar-refractivity contribution is -0.149. The second kappa shape index (κ2) is 17.6. The Hall–Kier alpha value is -4.32. The molecule has 0 fully saturated rings. The average Bonchev–Trinajstić information content (AvgIpc) is 3.57. The van der Waals surface area contributed by atoms with Gasteiger partial charge in [-0.2, -0.15) is 5.10 Å². The Bertz CT molecular complexity index is 1810. The summed E-state index contributed by atoms with van der Waals surface area (Å²) in [5.41, 5.74) is 11.2. The quantitative estimate of drug-likeness (QED) is 0.103. The highest BCUT2D eigenvalue weighted by Gasteiger charge is 2.25. The fraction of sp³-hybridized carbons (Fsp3) is 0.368. The van der Waals surface area contributed by atoms with Crippen LogP contribution in [0.3, 0.4) is 0 Å². The molecule has 0 unspecified atom stereocenters. The summed E-state index contributed by atoms with van der Waals surface area (Å²) >= 11 is 7.95. The van der Waals surface area contributed by atoms with Gasteiger partial charge in [0.15, 0.2) is 0 Å². The summed E-state index contributed by atoms with van der Waals surface area (Å²) in [6.07, 6.45) is 5.58. The normalized spacial score (nSPS) is 13.1. The van der Waals surface area contributed by atoms with E-state index in [4.69, 9.17) is 26.8 Å². The van der Waals surface area contributed by atoms with Crippen LogP contribution in [-0.2, 0) is 20.9 Å². The van der Waals surface area contributed by atoms with Gasteiger partial charge >= 0.3 is 5.97 Å². The maximum absolute atomic E-state index is 13.4. The van der Waals surface area contributed by atoms with Gasteiger partial charge in [0.1, 0.15) is 11.8 Å². The second-order valence-electron chi connectivity index (χ2n) is 12.5. The largest absolute Gasteiger partial charge is 0.493 e. The number of halogens is 1. The molecule has 0 radical (unpaired) electrons. The molecule has 2 heterocycles. The van der Waals surface area contributed by atoms with Gasteiger partial charge < -0.3 is 25.4 Å². The third kappa shape index (κ3) is 9.68. The third-order valence-corrected chi connectivity index (χ3v) is 9.78. The summed E-state index contributed by atoms with van der Waals surface area (Å²) in [6, 6.07) is 18.4. The molecule has 0 saturated heterocycles. The highest BCUT2D eigenvalue weighted by molar-refractivity contribution is 7.99. The van der Waals surface area contributed by atoms with Crippen LogP contribution in [0.4, 0.5) is 5.69 Å². The average molecular weight is 718 g/mol. The molecule has 1 aliphatic heterocycles. The number of nitrogens with zero attached hydrogens (tertiary/aromatic N) is 3. The van der Waals surface area contributed by atoms with Crippen molar-refractivity contribution >= 4 is 46.8 Å². The minimum Gasteiger partial charge on any atom is -0.493 e. The van der Waals surface area contributed by atoms with Gasteiger partial charge in [0, 0.05) is 63.6 Å². The molecule has 1 aliphatic rings. The third-order valence-electron chi connectivity index (χ3n) is 8.27. The van der Waals surface area contributed by atoms with Crippen molar-refractivity contribution in [1.29, 1.82) is 0 Å². The van der Waals surface area contributed by atoms with Crippen molar-refractivity contribution in [2.45, 2.75) is 70.0 Å². The van der Waals surface area contributed by atoms with Crippen LogP contribution in [-0.4, -0.2) is 65.2 Å². The molecule has 50 heavy (non-hydrogen) atoms. The number of esters is 1. The molecule has 10 nitrogen and oxygen atoms in total. The molecule has 1 aromatic heterocycles. The summed E-state index contributed by atoms with van der Waals surface area (Å²) in [5.74, 6) is 0.993. The van der Waals surface area contributed by atoms with Crippen molar-refractivity contribution in [3.63, 3.8) is 0 Å². The summed E-state index contributed by atoms with van der Waals surface area (Å²) in [7, 11) is 0. The summed E-state index contributed by atoms with van der Waals surface area (Å²) in [5, 5.41) is 8.18. The van der Waals surface area contributed by atoms with E-state index < -0.39 is 12.0 Å². The van der Waals surface area contributed by atoms with Crippen LogP contribution in [0.5, 0.6) is 5.75 Å². The van der Waals surface area contributed by atoms with Crippen molar-refractivity contribution in [2.75, 3.05) is 30.3 Å². The van der Waals surface area contributed by atoms with Gasteiger partial charge in [-0.15, -0.1) is 11.8 Å². The molecule has 3 N–H and O–H groups in total. The first-order valence-corrected chi connectivity index (χ1v) is 18.3. The number of aromatic nitrogens is 2. The predicted molar refractivity (Wildman–Crippen MR) is 198 cm³/mol. The fourth-order valence-electron chi connectivity index (χ4n) is 5.67. The van der Waals surface area contributed by atoms with Crippen LogP contribution in [0.25, 0.3) is 11.1 Å². The molecule has 12 heteroatoms. The molecule has 0 spiro atoms. The Labute approximate surface area is 302 Å². The van der Waals surface area contributed by atoms with E-state index in [0.717, 1.165) is 44.3 Å². The van der Waals surface area contributed by atoms with E-state index in [2.05, 4.69) is 16.5 Å². The lowest BCUT2D eigenvalue weighted by atomic mass is 10.1. The molecule has 5 rings (SSSR count). The van der Waals surface area contributed by atoms with Crippen molar-refractivity contribution in [3.8, 4) is 16.9 Å². The first-order valence-electron chi connectivity index (χ1n) is 16.9. The van der Waals surface area contributed by atoms with E-state index in [1.807, 2.05) is 77.4 Å². The molecule has 4 aromatic rings. The smallest absolute Gasteiger partial charge is 0.323 e. The van der Waals surface area contributed by atoms with Gasteiger partial charge in [-0.25, -0.2) is 0 Å². The van der Waals surface area contributed by atoms with Gasteiger partial charge in [-0.05, 0) is 75.9 Å². The van der Waals surface area contributed by atoms with Gasteiger partial charge in [0.2, 0.25) is 5.91 Å². The molecule has 3 aromatic carbocycles. The molecule has 0 bridgehead atoms. The predicted octanol–water partition coefficient (Wildman–Crippen LogP) is 6.65. The fourth-order valence-corrected chi connectivity index (χ4v) is 6.98. The minimum atomic E-state index is -0.709. The first-order chi connectivity index (χ1) is 24.1. The number of benzene rings is 3. The first kappa shape index (κ1) is 36.9. The molecule has 1 atom stereocenters. The van der Waals surface area contributed by atoms with Crippen LogP contribution < -0.4 is 20.7 Å². The number of fused-ring (bicyclic) bond motifs is 1. The summed E-state index contributed by atoms with van der Waals surface area (Å²) in [6.45, 7) is 7.45. The molecule has 264 valence electrons. The van der Waals surface area contributed by atoms with Crippen LogP contribution in [0.15, 0.2) is 78.0 Å². The van der Waals surface area contributed by atoms with Crippen molar-refractivity contribution in [1.82, 2.24) is 15.1 Å². The van der Waals surface area contributed by atoms with Crippen LogP contribution in [0, 0.1) is 6.92 Å². The van der Waals surface area contributed by atoms with Gasteiger partial charge in [0.25, 0.3) is 5.91 Å². The molecule has 2 amide bonds. The zero-order chi connectivity index (χ0) is 35.6. The highest BCUT2D eigenvalue weighted by Crippen LogP contribution is 2.42. The Balaban J connectivity index is 1.16. The van der Waals surface area contributed by atoms with E-state index in [-0.39, 0.29) is 17.9 Å². The van der Waals surface area contributed by atoms with Crippen LogP contribution >= 0.6 is 23.4 Å². The number of rotatable bonds is 15. The van der Waals surface area contributed by atoms with Crippen LogP contribution in [0.1, 0.15) is 61.0 Å². The Kier molecular flexibility index (Phi) is 13.0. The number of amides is 2. The number of nitrogens with two attached hydrogens (primary N) is 1. The van der Waals surface area contributed by atoms with Gasteiger partial charge in [-0.3, -0.25) is 19.1 Å². The zero-order valence-corrected chi connectivity index (χ0v) is 30.3. The summed E-state index contributed by atoms with van der Waals surface area (Å²) < 4.78 is 12.9. The van der Waals surface area contributed by atoms with E-state index >= 15 is 0 Å². The number of ether oxygens (including phenoxy) is 2. The lowest BCUT2D eigenvalue weighted by Crippen LogP contribution is -2.35. The summed E-state index contributed by atoms with van der Waals surface area (Å²) in [4.78, 5) is 41.0. The SMILES string of the molecule is Cc1c(Cl)cccc1OCCCC(=O)N1CCSc2c(-c3cnn(Cc4cccc(C(=O)NCCC[C@H](N)C(=O)OC(C)C)c4)c3)cccc21. The highest BCUT2D eigenvalue weighted by atomic mass is 35.5. The second-order valence-corrected chi connectivity index (χ2v) is 14.0. The number of carbonyl (C=O) groups excluding carboxylic acids is 3. The maximum Gasteiger partial charge on any atom is 0.323 e. The molecule has 0 saturated carbocycles. The van der Waals surface area contributed by atoms with Gasteiger partial charge in [0.05, 0.1) is 31.1 Å². The van der Waals surface area contributed by atoms with Crippen LogP contribution in [0.2, 0.25) is 5.02 Å². The van der Waals surface area contributed by atoms with Gasteiger partial charge in [-0.1, -0.05) is 41.9 Å². The maximum atomic E-state index is 13.4. The number of thioether (sulfide) groups is 1. The zero-order valence-electron chi connectivity index (χ0n) is 28.7. The number of hydrogen-bond acceptors (Lipinski definition) is 8. The monoisotopic (exact) mass is 717 g/mol.